The first-order valence-electron chi connectivity index (χ1n) is 8.37. The number of amides is 1. The topological polar surface area (TPSA) is 58.6 Å². The fourth-order valence-corrected chi connectivity index (χ4v) is 3.91. The Morgan fingerprint density at radius 3 is 2.21 bits per heavy atom. The second-order valence-corrected chi connectivity index (χ2v) is 7.07. The van der Waals surface area contributed by atoms with E-state index in [-0.39, 0.29) is 12.0 Å². The number of carbonyl (C=O) groups excluding carboxylic acids is 1. The Hall–Kier alpha value is -2.33. The first-order chi connectivity index (χ1) is 11.5. The molecule has 2 aromatic carbocycles. The van der Waals surface area contributed by atoms with E-state index in [9.17, 15) is 9.90 Å². The highest BCUT2D eigenvalue weighted by atomic mass is 16.5. The summed E-state index contributed by atoms with van der Waals surface area (Å²) in [5.41, 5.74) is 4.20. The van der Waals surface area contributed by atoms with Gasteiger partial charge in [0, 0.05) is 12.0 Å². The normalized spacial score (nSPS) is 24.7. The van der Waals surface area contributed by atoms with Gasteiger partial charge in [-0.2, -0.15) is 0 Å². The molecule has 0 heterocycles. The zero-order valence-corrected chi connectivity index (χ0v) is 13.7. The van der Waals surface area contributed by atoms with Crippen LogP contribution in [0, 0.1) is 0 Å². The van der Waals surface area contributed by atoms with E-state index in [1.54, 1.807) is 6.92 Å². The van der Waals surface area contributed by atoms with Gasteiger partial charge in [0.2, 0.25) is 0 Å². The molecule has 0 atom stereocenters. The highest BCUT2D eigenvalue weighted by Crippen LogP contribution is 2.44. The molecule has 4 nitrogen and oxygen atoms in total. The smallest absolute Gasteiger partial charge is 0.407 e. The van der Waals surface area contributed by atoms with Crippen molar-refractivity contribution in [2.75, 3.05) is 6.61 Å². The van der Waals surface area contributed by atoms with E-state index in [2.05, 4.69) is 29.6 Å². The highest BCUT2D eigenvalue weighted by molar-refractivity contribution is 5.79. The van der Waals surface area contributed by atoms with Gasteiger partial charge < -0.3 is 15.2 Å². The van der Waals surface area contributed by atoms with E-state index in [4.69, 9.17) is 4.74 Å². The van der Waals surface area contributed by atoms with E-state index in [1.165, 1.54) is 22.3 Å². The molecule has 0 saturated heterocycles. The molecule has 2 aliphatic carbocycles. The molecule has 2 aromatic rings. The van der Waals surface area contributed by atoms with Crippen molar-refractivity contribution in [3.05, 3.63) is 59.7 Å². The number of carbonyl (C=O) groups is 1. The average Bonchev–Trinajstić information content (AvgIpc) is 2.85. The van der Waals surface area contributed by atoms with Gasteiger partial charge in [0.15, 0.2) is 0 Å². The van der Waals surface area contributed by atoms with Crippen LogP contribution in [0.3, 0.4) is 0 Å². The predicted octanol–water partition coefficient (Wildman–Crippen LogP) is 3.44. The van der Waals surface area contributed by atoms with Gasteiger partial charge in [0.1, 0.15) is 6.61 Å². The molecule has 24 heavy (non-hydrogen) atoms. The van der Waals surface area contributed by atoms with E-state index < -0.39 is 11.7 Å². The molecule has 4 heteroatoms. The fraction of sp³-hybridized carbons (Fsp3) is 0.350. The van der Waals surface area contributed by atoms with E-state index in [0.29, 0.717) is 19.4 Å². The first kappa shape index (κ1) is 15.2. The quantitative estimate of drug-likeness (QED) is 0.910. The van der Waals surface area contributed by atoms with Crippen LogP contribution in [0.25, 0.3) is 11.1 Å². The fourth-order valence-electron chi connectivity index (χ4n) is 3.91. The number of aliphatic hydroxyl groups is 1. The molecule has 0 unspecified atom stereocenters. The lowest BCUT2D eigenvalue weighted by molar-refractivity contribution is -0.0380. The van der Waals surface area contributed by atoms with Crippen molar-refractivity contribution in [2.45, 2.75) is 37.3 Å². The number of benzene rings is 2. The highest BCUT2D eigenvalue weighted by Gasteiger charge is 2.39. The Bertz CT molecular complexity index is 730. The van der Waals surface area contributed by atoms with Crippen LogP contribution >= 0.6 is 0 Å². The number of rotatable bonds is 3. The Balaban J connectivity index is 1.44. The van der Waals surface area contributed by atoms with Gasteiger partial charge in [-0.25, -0.2) is 4.79 Å². The van der Waals surface area contributed by atoms with Gasteiger partial charge in [-0.1, -0.05) is 48.5 Å². The molecule has 124 valence electrons. The van der Waals surface area contributed by atoms with Gasteiger partial charge in [-0.3, -0.25) is 0 Å². The molecular formula is C20H21NO3. The third kappa shape index (κ3) is 2.67. The largest absolute Gasteiger partial charge is 0.449 e. The van der Waals surface area contributed by atoms with Crippen LogP contribution in [0.4, 0.5) is 4.79 Å². The first-order valence-corrected chi connectivity index (χ1v) is 8.37. The summed E-state index contributed by atoms with van der Waals surface area (Å²) in [7, 11) is 0. The van der Waals surface area contributed by atoms with Crippen LogP contribution in [0.1, 0.15) is 36.8 Å². The Kier molecular flexibility index (Phi) is 3.57. The molecule has 0 spiro atoms. The SMILES string of the molecule is CC1(O)CC(NC(=O)OCC2c3ccccc3-c3ccccc32)C1. The minimum Gasteiger partial charge on any atom is -0.449 e. The maximum absolute atomic E-state index is 12.0. The number of ether oxygens (including phenoxy) is 1. The van der Waals surface area contributed by atoms with Crippen molar-refractivity contribution in [1.29, 1.82) is 0 Å². The lowest BCUT2D eigenvalue weighted by Crippen LogP contribution is -2.53. The van der Waals surface area contributed by atoms with Crippen molar-refractivity contribution in [3.63, 3.8) is 0 Å². The van der Waals surface area contributed by atoms with Crippen molar-refractivity contribution in [1.82, 2.24) is 5.32 Å². The van der Waals surface area contributed by atoms with Gasteiger partial charge in [0.25, 0.3) is 0 Å². The number of hydrogen-bond donors (Lipinski definition) is 2. The molecule has 2 aliphatic rings. The Morgan fingerprint density at radius 1 is 1.12 bits per heavy atom. The van der Waals surface area contributed by atoms with Crippen LogP contribution in [0.2, 0.25) is 0 Å². The summed E-state index contributed by atoms with van der Waals surface area (Å²) in [5.74, 6) is 0.0765. The van der Waals surface area contributed by atoms with Crippen LogP contribution in [-0.2, 0) is 4.74 Å². The van der Waals surface area contributed by atoms with Gasteiger partial charge in [-0.15, -0.1) is 0 Å². The van der Waals surface area contributed by atoms with E-state index in [0.717, 1.165) is 0 Å². The molecular weight excluding hydrogens is 302 g/mol. The summed E-state index contributed by atoms with van der Waals surface area (Å²) >= 11 is 0. The standard InChI is InChI=1S/C20H21NO3/c1-20(23)10-13(11-20)21-19(22)24-12-18-16-8-4-2-6-14(16)15-7-3-5-9-17(15)18/h2-9,13,18,23H,10-12H2,1H3,(H,21,22). The zero-order chi connectivity index (χ0) is 16.7. The van der Waals surface area contributed by atoms with Crippen molar-refractivity contribution in [2.24, 2.45) is 0 Å². The summed E-state index contributed by atoms with van der Waals surface area (Å²) in [4.78, 5) is 12.0. The zero-order valence-electron chi connectivity index (χ0n) is 13.7. The third-order valence-corrected chi connectivity index (χ3v) is 5.04. The molecule has 0 radical (unpaired) electrons. The van der Waals surface area contributed by atoms with Crippen LogP contribution in [0.15, 0.2) is 48.5 Å². The minimum absolute atomic E-state index is 0.00986. The van der Waals surface area contributed by atoms with Gasteiger partial charge >= 0.3 is 6.09 Å². The number of nitrogens with one attached hydrogen (secondary N) is 1. The van der Waals surface area contributed by atoms with Crippen LogP contribution in [-0.4, -0.2) is 29.4 Å². The summed E-state index contributed by atoms with van der Waals surface area (Å²) in [6, 6.07) is 16.6. The maximum Gasteiger partial charge on any atom is 0.407 e. The molecule has 2 N–H and O–H groups in total. The maximum atomic E-state index is 12.0. The summed E-state index contributed by atoms with van der Waals surface area (Å²) in [6.07, 6.45) is 0.756. The second-order valence-electron chi connectivity index (χ2n) is 7.07. The molecule has 1 saturated carbocycles. The second kappa shape index (κ2) is 5.64. The summed E-state index contributed by atoms with van der Waals surface area (Å²) < 4.78 is 5.48. The van der Waals surface area contributed by atoms with Gasteiger partial charge in [-0.05, 0) is 42.0 Å². The molecule has 4 rings (SSSR count). The number of fused-ring (bicyclic) bond motifs is 3. The number of alkyl carbamates (subject to hydrolysis) is 1. The average molecular weight is 323 g/mol. The molecule has 1 amide bonds. The minimum atomic E-state index is -0.652. The van der Waals surface area contributed by atoms with Crippen molar-refractivity contribution in [3.8, 4) is 11.1 Å². The Labute approximate surface area is 141 Å². The molecule has 1 fully saturated rings. The van der Waals surface area contributed by atoms with Crippen molar-refractivity contribution < 1.29 is 14.6 Å². The summed E-state index contributed by atoms with van der Waals surface area (Å²) in [6.45, 7) is 2.10. The molecule has 0 bridgehead atoms. The monoisotopic (exact) mass is 323 g/mol. The van der Waals surface area contributed by atoms with Crippen LogP contribution < -0.4 is 5.32 Å². The van der Waals surface area contributed by atoms with E-state index >= 15 is 0 Å². The number of hydrogen-bond acceptors (Lipinski definition) is 3. The lowest BCUT2D eigenvalue weighted by Gasteiger charge is -2.40. The van der Waals surface area contributed by atoms with Gasteiger partial charge in [0.05, 0.1) is 5.60 Å². The van der Waals surface area contributed by atoms with Crippen LogP contribution in [0.5, 0.6) is 0 Å². The lowest BCUT2D eigenvalue weighted by atomic mass is 9.77. The van der Waals surface area contributed by atoms with Crippen molar-refractivity contribution >= 4 is 6.09 Å². The van der Waals surface area contributed by atoms with E-state index in [1.807, 2.05) is 24.3 Å². The summed E-state index contributed by atoms with van der Waals surface area (Å²) in [5, 5.41) is 12.5. The molecule has 0 aromatic heterocycles. The third-order valence-electron chi connectivity index (χ3n) is 5.04. The Morgan fingerprint density at radius 2 is 1.67 bits per heavy atom. The predicted molar refractivity (Wildman–Crippen MR) is 91.9 cm³/mol. The molecule has 0 aliphatic heterocycles.